The molecule has 1 aromatic carbocycles. The van der Waals surface area contributed by atoms with E-state index in [1.807, 2.05) is 32.0 Å². The molecule has 5 nitrogen and oxygen atoms in total. The summed E-state index contributed by atoms with van der Waals surface area (Å²) in [5, 5.41) is 4.15. The Morgan fingerprint density at radius 2 is 2.04 bits per heavy atom. The molecular weight excluding hydrogens is 345 g/mol. The number of aromatic nitrogens is 1. The van der Waals surface area contributed by atoms with E-state index >= 15 is 0 Å². The number of oxime groups is 1. The average molecular weight is 369 g/mol. The van der Waals surface area contributed by atoms with E-state index in [0.29, 0.717) is 25.9 Å². The van der Waals surface area contributed by atoms with E-state index in [0.717, 1.165) is 17.0 Å². The van der Waals surface area contributed by atoms with Crippen molar-refractivity contribution in [1.29, 1.82) is 0 Å². The minimum Gasteiger partial charge on any atom is -0.390 e. The molecule has 1 atom stereocenters. The highest BCUT2D eigenvalue weighted by Crippen LogP contribution is 2.19. The van der Waals surface area contributed by atoms with E-state index in [1.54, 1.807) is 23.2 Å². The van der Waals surface area contributed by atoms with Crippen molar-refractivity contribution in [3.05, 3.63) is 65.7 Å². The number of halogens is 1. The van der Waals surface area contributed by atoms with Crippen molar-refractivity contribution in [2.45, 2.75) is 39.3 Å². The second-order valence-electron chi connectivity index (χ2n) is 7.18. The zero-order valence-electron chi connectivity index (χ0n) is 15.6. The highest BCUT2D eigenvalue weighted by atomic mass is 19.1. The molecule has 0 saturated heterocycles. The Labute approximate surface area is 158 Å². The lowest BCUT2D eigenvalue weighted by molar-refractivity contribution is -0.134. The maximum Gasteiger partial charge on any atom is 0.223 e. The van der Waals surface area contributed by atoms with Gasteiger partial charge in [-0.1, -0.05) is 37.2 Å². The first kappa shape index (κ1) is 19.0. The Kier molecular flexibility index (Phi) is 6.16. The van der Waals surface area contributed by atoms with Crippen LogP contribution in [0.2, 0.25) is 0 Å². The molecule has 2 aromatic rings. The monoisotopic (exact) mass is 369 g/mol. The van der Waals surface area contributed by atoms with Crippen molar-refractivity contribution >= 4 is 11.6 Å². The van der Waals surface area contributed by atoms with Gasteiger partial charge < -0.3 is 9.74 Å². The summed E-state index contributed by atoms with van der Waals surface area (Å²) in [6, 6.07) is 11.9. The minimum absolute atomic E-state index is 0.0595. The molecule has 0 aliphatic carbocycles. The first-order valence-corrected chi connectivity index (χ1v) is 9.17. The molecule has 1 aliphatic rings. The van der Waals surface area contributed by atoms with Crippen molar-refractivity contribution in [3.63, 3.8) is 0 Å². The van der Waals surface area contributed by atoms with Gasteiger partial charge >= 0.3 is 0 Å². The van der Waals surface area contributed by atoms with Crippen LogP contribution in [0.15, 0.2) is 53.8 Å². The summed E-state index contributed by atoms with van der Waals surface area (Å²) in [6.45, 7) is 4.89. The Morgan fingerprint density at radius 1 is 1.26 bits per heavy atom. The number of carbonyl (C=O) groups excluding carboxylic acids is 1. The van der Waals surface area contributed by atoms with Crippen LogP contribution in [0.3, 0.4) is 0 Å². The number of rotatable bonds is 7. The Balaban J connectivity index is 1.66. The molecule has 1 amide bonds. The summed E-state index contributed by atoms with van der Waals surface area (Å²) in [5.74, 6) is 0.0357. The molecule has 142 valence electrons. The SMILES string of the molecule is CC(C)CC(=O)N(Cc1ccc(F)cc1)C[C@@H]1CC(c2ccccn2)=NO1. The zero-order valence-corrected chi connectivity index (χ0v) is 15.6. The number of hydrogen-bond donors (Lipinski definition) is 0. The van der Waals surface area contributed by atoms with Crippen LogP contribution >= 0.6 is 0 Å². The molecule has 1 aliphatic heterocycles. The summed E-state index contributed by atoms with van der Waals surface area (Å²) in [5.41, 5.74) is 2.47. The standard InChI is InChI=1S/C21H24FN3O2/c1-15(2)11-21(26)25(13-16-6-8-17(22)9-7-16)14-18-12-20(24-27-18)19-5-3-4-10-23-19/h3-10,15,18H,11-14H2,1-2H3/t18-/m0/s1. The molecule has 0 bridgehead atoms. The minimum atomic E-state index is -0.286. The number of pyridine rings is 1. The van der Waals surface area contributed by atoms with Crippen LogP contribution in [-0.4, -0.2) is 34.2 Å². The van der Waals surface area contributed by atoms with Gasteiger partial charge in [-0.25, -0.2) is 4.39 Å². The fraction of sp³-hybridized carbons (Fsp3) is 0.381. The Morgan fingerprint density at radius 3 is 2.70 bits per heavy atom. The van der Waals surface area contributed by atoms with Gasteiger partial charge in [0.05, 0.1) is 12.2 Å². The van der Waals surface area contributed by atoms with Crippen molar-refractivity contribution in [2.24, 2.45) is 11.1 Å². The van der Waals surface area contributed by atoms with Crippen LogP contribution in [0.25, 0.3) is 0 Å². The van der Waals surface area contributed by atoms with E-state index in [1.165, 1.54) is 12.1 Å². The van der Waals surface area contributed by atoms with Crippen molar-refractivity contribution in [3.8, 4) is 0 Å². The molecule has 27 heavy (non-hydrogen) atoms. The summed E-state index contributed by atoms with van der Waals surface area (Å²) < 4.78 is 13.2. The van der Waals surface area contributed by atoms with Gasteiger partial charge in [0, 0.05) is 25.6 Å². The summed E-state index contributed by atoms with van der Waals surface area (Å²) in [6.07, 6.45) is 2.57. The lowest BCUT2D eigenvalue weighted by atomic mass is 10.1. The number of nitrogens with zero attached hydrogens (tertiary/aromatic N) is 3. The van der Waals surface area contributed by atoms with E-state index in [9.17, 15) is 9.18 Å². The Bertz CT molecular complexity index is 791. The molecule has 3 rings (SSSR count). The number of carbonyl (C=O) groups is 1. The van der Waals surface area contributed by atoms with Crippen LogP contribution in [0.4, 0.5) is 4.39 Å². The van der Waals surface area contributed by atoms with Crippen molar-refractivity contribution in [1.82, 2.24) is 9.88 Å². The predicted molar refractivity (Wildman–Crippen MR) is 102 cm³/mol. The third-order valence-electron chi connectivity index (χ3n) is 4.34. The molecular formula is C21H24FN3O2. The van der Waals surface area contributed by atoms with Gasteiger partial charge in [0.1, 0.15) is 11.5 Å². The molecule has 0 radical (unpaired) electrons. The average Bonchev–Trinajstić information content (AvgIpc) is 3.12. The Hall–Kier alpha value is -2.76. The zero-order chi connectivity index (χ0) is 19.2. The first-order chi connectivity index (χ1) is 13.0. The summed E-state index contributed by atoms with van der Waals surface area (Å²) >= 11 is 0. The molecule has 0 saturated carbocycles. The second-order valence-corrected chi connectivity index (χ2v) is 7.18. The number of amides is 1. The van der Waals surface area contributed by atoms with Crippen molar-refractivity contribution < 1.29 is 14.0 Å². The fourth-order valence-corrected chi connectivity index (χ4v) is 3.00. The highest BCUT2D eigenvalue weighted by Gasteiger charge is 2.27. The predicted octanol–water partition coefficient (Wildman–Crippen LogP) is 3.79. The third kappa shape index (κ3) is 5.36. The second kappa shape index (κ2) is 8.75. The molecule has 0 N–H and O–H groups in total. The van der Waals surface area contributed by atoms with Crippen LogP contribution < -0.4 is 0 Å². The molecule has 6 heteroatoms. The molecule has 0 spiro atoms. The third-order valence-corrected chi connectivity index (χ3v) is 4.34. The van der Waals surface area contributed by atoms with Gasteiger partial charge in [0.15, 0.2) is 6.10 Å². The number of hydrogen-bond acceptors (Lipinski definition) is 4. The largest absolute Gasteiger partial charge is 0.390 e. The van der Waals surface area contributed by atoms with E-state index in [4.69, 9.17) is 4.84 Å². The lowest BCUT2D eigenvalue weighted by Crippen LogP contribution is -2.37. The first-order valence-electron chi connectivity index (χ1n) is 9.17. The molecule has 0 unspecified atom stereocenters. The van der Waals surface area contributed by atoms with Gasteiger partial charge in [-0.15, -0.1) is 0 Å². The molecule has 1 aromatic heterocycles. The van der Waals surface area contributed by atoms with E-state index in [2.05, 4.69) is 10.1 Å². The van der Waals surface area contributed by atoms with Crippen molar-refractivity contribution in [2.75, 3.05) is 6.54 Å². The number of benzene rings is 1. The quantitative estimate of drug-likeness (QED) is 0.746. The fourth-order valence-electron chi connectivity index (χ4n) is 3.00. The van der Waals surface area contributed by atoms with Gasteiger partial charge in [0.2, 0.25) is 5.91 Å². The maximum absolute atomic E-state index is 13.2. The van der Waals surface area contributed by atoms with Crippen LogP contribution in [0.1, 0.15) is 37.9 Å². The topological polar surface area (TPSA) is 54.8 Å². The van der Waals surface area contributed by atoms with Crippen LogP contribution in [-0.2, 0) is 16.2 Å². The lowest BCUT2D eigenvalue weighted by Gasteiger charge is -2.26. The van der Waals surface area contributed by atoms with Gasteiger partial charge in [-0.2, -0.15) is 0 Å². The van der Waals surface area contributed by atoms with Gasteiger partial charge in [-0.3, -0.25) is 9.78 Å². The molecule has 2 heterocycles. The van der Waals surface area contributed by atoms with E-state index in [-0.39, 0.29) is 23.7 Å². The van der Waals surface area contributed by atoms with Crippen LogP contribution in [0.5, 0.6) is 0 Å². The maximum atomic E-state index is 13.2. The van der Waals surface area contributed by atoms with Crippen LogP contribution in [0, 0.1) is 11.7 Å². The van der Waals surface area contributed by atoms with E-state index < -0.39 is 0 Å². The normalized spacial score (nSPS) is 16.1. The van der Waals surface area contributed by atoms with Gasteiger partial charge in [-0.05, 0) is 35.7 Å². The summed E-state index contributed by atoms with van der Waals surface area (Å²) in [7, 11) is 0. The molecule has 0 fully saturated rings. The smallest absolute Gasteiger partial charge is 0.223 e. The summed E-state index contributed by atoms with van der Waals surface area (Å²) in [4.78, 5) is 24.3. The highest BCUT2D eigenvalue weighted by molar-refractivity contribution is 5.99. The van der Waals surface area contributed by atoms with Gasteiger partial charge in [0.25, 0.3) is 0 Å².